The molecular formula is C20H19N3O3S. The molecule has 2 amide bonds. The number of nitrogens with zero attached hydrogens (tertiary/aromatic N) is 1. The number of thiazole rings is 1. The van der Waals surface area contributed by atoms with Crippen molar-refractivity contribution >= 4 is 44.2 Å². The molecule has 0 aliphatic carbocycles. The van der Waals surface area contributed by atoms with Crippen molar-refractivity contribution < 1.29 is 14.3 Å². The third kappa shape index (κ3) is 3.78. The van der Waals surface area contributed by atoms with Gasteiger partial charge in [-0.2, -0.15) is 0 Å². The van der Waals surface area contributed by atoms with Crippen LogP contribution in [0.25, 0.3) is 10.2 Å². The van der Waals surface area contributed by atoms with Crippen LogP contribution in [0.2, 0.25) is 0 Å². The van der Waals surface area contributed by atoms with Gasteiger partial charge in [0.05, 0.1) is 17.3 Å². The van der Waals surface area contributed by atoms with Gasteiger partial charge in [0.25, 0.3) is 0 Å². The van der Waals surface area contributed by atoms with Gasteiger partial charge in [-0.05, 0) is 42.7 Å². The second kappa shape index (κ2) is 7.36. The highest BCUT2D eigenvalue weighted by atomic mass is 32.1. The Kier molecular flexibility index (Phi) is 4.77. The first kappa shape index (κ1) is 17.5. The van der Waals surface area contributed by atoms with E-state index in [4.69, 9.17) is 4.74 Å². The maximum atomic E-state index is 12.3. The van der Waals surface area contributed by atoms with Crippen molar-refractivity contribution in [3.05, 3.63) is 48.0 Å². The van der Waals surface area contributed by atoms with E-state index in [9.17, 15) is 9.59 Å². The van der Waals surface area contributed by atoms with Gasteiger partial charge in [-0.15, -0.1) is 0 Å². The van der Waals surface area contributed by atoms with E-state index in [-0.39, 0.29) is 24.2 Å². The van der Waals surface area contributed by atoms with Gasteiger partial charge in [-0.3, -0.25) is 9.59 Å². The first-order valence-electron chi connectivity index (χ1n) is 8.75. The van der Waals surface area contributed by atoms with Crippen LogP contribution >= 0.6 is 11.3 Å². The first-order chi connectivity index (χ1) is 13.1. The van der Waals surface area contributed by atoms with Gasteiger partial charge >= 0.3 is 0 Å². The Labute approximate surface area is 160 Å². The molecule has 0 spiro atoms. The molecule has 0 bridgehead atoms. The van der Waals surface area contributed by atoms with Crippen LogP contribution in [0, 0.1) is 5.92 Å². The smallest absolute Gasteiger partial charge is 0.227 e. The molecule has 4 rings (SSSR count). The normalized spacial score (nSPS) is 15.9. The zero-order chi connectivity index (χ0) is 18.8. The van der Waals surface area contributed by atoms with Crippen molar-refractivity contribution in [3.8, 4) is 5.75 Å². The van der Waals surface area contributed by atoms with E-state index >= 15 is 0 Å². The summed E-state index contributed by atoms with van der Waals surface area (Å²) in [6.07, 6.45) is 1.44. The average Bonchev–Trinajstić information content (AvgIpc) is 3.07. The summed E-state index contributed by atoms with van der Waals surface area (Å²) in [4.78, 5) is 29.0. The topological polar surface area (TPSA) is 80.3 Å². The molecule has 2 aromatic carbocycles. The number of carbonyl (C=O) groups is 2. The number of fused-ring (bicyclic) bond motifs is 2. The van der Waals surface area contributed by atoms with E-state index in [2.05, 4.69) is 15.6 Å². The number of hydrogen-bond acceptors (Lipinski definition) is 5. The minimum absolute atomic E-state index is 0.0198. The summed E-state index contributed by atoms with van der Waals surface area (Å²) in [6.45, 7) is 0. The number of para-hydroxylation sites is 1. The lowest BCUT2D eigenvalue weighted by Gasteiger charge is -2.24. The summed E-state index contributed by atoms with van der Waals surface area (Å²) in [5.41, 5.74) is 2.80. The van der Waals surface area contributed by atoms with Crippen LogP contribution in [0.15, 0.2) is 42.5 Å². The van der Waals surface area contributed by atoms with Gasteiger partial charge in [-0.1, -0.05) is 29.5 Å². The van der Waals surface area contributed by atoms with E-state index in [1.165, 1.54) is 11.3 Å². The quantitative estimate of drug-likeness (QED) is 0.704. The number of aromatic nitrogens is 1. The van der Waals surface area contributed by atoms with Gasteiger partial charge in [-0.25, -0.2) is 4.98 Å². The summed E-state index contributed by atoms with van der Waals surface area (Å²) in [5.74, 6) is 0.416. The van der Waals surface area contributed by atoms with E-state index in [0.29, 0.717) is 18.0 Å². The summed E-state index contributed by atoms with van der Waals surface area (Å²) in [6, 6.07) is 13.4. The van der Waals surface area contributed by atoms with Gasteiger partial charge in [0.1, 0.15) is 5.75 Å². The molecule has 2 N–H and O–H groups in total. The maximum Gasteiger partial charge on any atom is 0.227 e. The molecule has 0 fully saturated rings. The summed E-state index contributed by atoms with van der Waals surface area (Å²) >= 11 is 1.41. The number of amides is 2. The summed E-state index contributed by atoms with van der Waals surface area (Å²) in [5, 5.41) is 6.31. The number of ether oxygens (including phenoxy) is 1. The van der Waals surface area contributed by atoms with Gasteiger partial charge in [0.2, 0.25) is 11.8 Å². The number of benzene rings is 2. The number of hydrogen-bond donors (Lipinski definition) is 2. The number of rotatable bonds is 5. The number of anilines is 2. The third-order valence-electron chi connectivity index (χ3n) is 4.67. The molecule has 3 aromatic rings. The predicted molar refractivity (Wildman–Crippen MR) is 106 cm³/mol. The highest BCUT2D eigenvalue weighted by Crippen LogP contribution is 2.30. The molecule has 0 saturated heterocycles. The second-order valence-corrected chi connectivity index (χ2v) is 7.52. The van der Waals surface area contributed by atoms with Gasteiger partial charge in [0.15, 0.2) is 5.13 Å². The molecule has 0 saturated carbocycles. The van der Waals surface area contributed by atoms with Gasteiger partial charge in [0, 0.05) is 18.0 Å². The lowest BCUT2D eigenvalue weighted by molar-refractivity contribution is -0.121. The molecule has 7 heteroatoms. The second-order valence-electron chi connectivity index (χ2n) is 6.49. The maximum absolute atomic E-state index is 12.3. The molecule has 1 aromatic heterocycles. The molecule has 1 atom stereocenters. The van der Waals surface area contributed by atoms with Crippen LogP contribution in [0.3, 0.4) is 0 Å². The van der Waals surface area contributed by atoms with Crippen LogP contribution in [0.1, 0.15) is 18.4 Å². The fraction of sp³-hybridized carbons (Fsp3) is 0.250. The first-order valence-corrected chi connectivity index (χ1v) is 9.57. The third-order valence-corrected chi connectivity index (χ3v) is 5.61. The zero-order valence-electron chi connectivity index (χ0n) is 14.8. The SMILES string of the molecule is COc1ccc2nc(NC(=O)CC[C@@H]3Cc4ccccc4NC3=O)sc2c1. The van der Waals surface area contributed by atoms with Crippen LogP contribution in [-0.4, -0.2) is 23.9 Å². The molecule has 2 heterocycles. The standard InChI is InChI=1S/C20H19N3O3S/c1-26-14-7-8-16-17(11-14)27-20(22-16)23-18(24)9-6-13-10-12-4-2-3-5-15(12)21-19(13)25/h2-5,7-8,11,13H,6,9-10H2,1H3,(H,21,25)(H,22,23,24)/t13-/m1/s1. The molecule has 1 aliphatic rings. The number of methoxy groups -OCH3 is 1. The van der Waals surface area contributed by atoms with E-state index in [0.717, 1.165) is 27.2 Å². The molecular weight excluding hydrogens is 362 g/mol. The van der Waals surface area contributed by atoms with E-state index in [1.54, 1.807) is 7.11 Å². The Morgan fingerprint density at radius 1 is 1.33 bits per heavy atom. The molecule has 6 nitrogen and oxygen atoms in total. The fourth-order valence-electron chi connectivity index (χ4n) is 3.22. The molecule has 0 unspecified atom stereocenters. The molecule has 0 radical (unpaired) electrons. The van der Waals surface area contributed by atoms with E-state index < -0.39 is 0 Å². The lowest BCUT2D eigenvalue weighted by atomic mass is 9.89. The van der Waals surface area contributed by atoms with Crippen LogP contribution in [-0.2, 0) is 16.0 Å². The van der Waals surface area contributed by atoms with Crippen molar-refractivity contribution in [1.82, 2.24) is 4.98 Å². The Balaban J connectivity index is 1.37. The zero-order valence-corrected chi connectivity index (χ0v) is 15.6. The predicted octanol–water partition coefficient (Wildman–Crippen LogP) is 3.83. The number of carbonyl (C=O) groups excluding carboxylic acids is 2. The molecule has 27 heavy (non-hydrogen) atoms. The van der Waals surface area contributed by atoms with Crippen molar-refractivity contribution in [3.63, 3.8) is 0 Å². The average molecular weight is 381 g/mol. The van der Waals surface area contributed by atoms with Crippen molar-refractivity contribution in [1.29, 1.82) is 0 Å². The van der Waals surface area contributed by atoms with Crippen molar-refractivity contribution in [2.45, 2.75) is 19.3 Å². The fourth-order valence-corrected chi connectivity index (χ4v) is 4.13. The Morgan fingerprint density at radius 2 is 2.19 bits per heavy atom. The van der Waals surface area contributed by atoms with Crippen molar-refractivity contribution in [2.24, 2.45) is 5.92 Å². The van der Waals surface area contributed by atoms with Crippen LogP contribution in [0.4, 0.5) is 10.8 Å². The Hall–Kier alpha value is -2.93. The van der Waals surface area contributed by atoms with Gasteiger partial charge < -0.3 is 15.4 Å². The minimum atomic E-state index is -0.190. The number of nitrogens with one attached hydrogen (secondary N) is 2. The highest BCUT2D eigenvalue weighted by Gasteiger charge is 2.26. The summed E-state index contributed by atoms with van der Waals surface area (Å²) in [7, 11) is 1.62. The Morgan fingerprint density at radius 3 is 3.04 bits per heavy atom. The monoisotopic (exact) mass is 381 g/mol. The highest BCUT2D eigenvalue weighted by molar-refractivity contribution is 7.22. The summed E-state index contributed by atoms with van der Waals surface area (Å²) < 4.78 is 6.16. The molecule has 138 valence electrons. The van der Waals surface area contributed by atoms with E-state index in [1.807, 2.05) is 42.5 Å². The lowest BCUT2D eigenvalue weighted by Crippen LogP contribution is -2.30. The van der Waals surface area contributed by atoms with Crippen LogP contribution in [0.5, 0.6) is 5.75 Å². The minimum Gasteiger partial charge on any atom is -0.497 e. The Bertz CT molecular complexity index is 1010. The van der Waals surface area contributed by atoms with Crippen molar-refractivity contribution in [2.75, 3.05) is 17.7 Å². The largest absolute Gasteiger partial charge is 0.497 e. The van der Waals surface area contributed by atoms with Crippen LogP contribution < -0.4 is 15.4 Å². The molecule has 1 aliphatic heterocycles.